The fourth-order valence-corrected chi connectivity index (χ4v) is 1.83. The van der Waals surface area contributed by atoms with Gasteiger partial charge in [0.05, 0.1) is 16.0 Å². The lowest BCUT2D eigenvalue weighted by molar-refractivity contribution is -0.384. The van der Waals surface area contributed by atoms with Gasteiger partial charge in [0.15, 0.2) is 0 Å². The number of halogens is 1. The number of ether oxygens (including phenoxy) is 1. The van der Waals surface area contributed by atoms with Crippen LogP contribution in [0.2, 0.25) is 5.02 Å². The third-order valence-electron chi connectivity index (χ3n) is 2.71. The summed E-state index contributed by atoms with van der Waals surface area (Å²) in [7, 11) is 0. The molecule has 0 aliphatic rings. The van der Waals surface area contributed by atoms with Crippen LogP contribution in [0.1, 0.15) is 11.7 Å². The Labute approximate surface area is 120 Å². The number of nitrogens with zero attached hydrogens (tertiary/aromatic N) is 1. The van der Waals surface area contributed by atoms with Crippen molar-refractivity contribution in [2.24, 2.45) is 0 Å². The van der Waals surface area contributed by atoms with E-state index in [-0.39, 0.29) is 23.1 Å². The third kappa shape index (κ3) is 3.46. The molecule has 0 bridgehead atoms. The van der Waals surface area contributed by atoms with Crippen LogP contribution >= 0.6 is 11.6 Å². The first kappa shape index (κ1) is 14.3. The number of benzene rings is 2. The van der Waals surface area contributed by atoms with Gasteiger partial charge in [-0.15, -0.1) is 0 Å². The molecule has 0 spiro atoms. The van der Waals surface area contributed by atoms with Gasteiger partial charge < -0.3 is 9.84 Å². The van der Waals surface area contributed by atoms with Crippen LogP contribution in [0.4, 0.5) is 5.69 Å². The molecule has 5 nitrogen and oxygen atoms in total. The van der Waals surface area contributed by atoms with Gasteiger partial charge in [0, 0.05) is 6.07 Å². The second kappa shape index (κ2) is 6.36. The third-order valence-corrected chi connectivity index (χ3v) is 3.02. The molecule has 0 aliphatic carbocycles. The van der Waals surface area contributed by atoms with E-state index in [2.05, 4.69) is 0 Å². The molecule has 0 amide bonds. The summed E-state index contributed by atoms with van der Waals surface area (Å²) in [5, 5.41) is 20.9. The molecule has 0 heterocycles. The fourth-order valence-electron chi connectivity index (χ4n) is 1.66. The minimum absolute atomic E-state index is 0.0368. The van der Waals surface area contributed by atoms with E-state index in [1.807, 2.05) is 6.07 Å². The number of aliphatic hydroxyl groups excluding tert-OH is 1. The largest absolute Gasteiger partial charge is 0.489 e. The van der Waals surface area contributed by atoms with Gasteiger partial charge in [0.25, 0.3) is 5.69 Å². The van der Waals surface area contributed by atoms with E-state index in [1.165, 1.54) is 18.2 Å². The van der Waals surface area contributed by atoms with E-state index in [9.17, 15) is 15.2 Å². The molecule has 20 heavy (non-hydrogen) atoms. The van der Waals surface area contributed by atoms with Crippen molar-refractivity contribution in [2.45, 2.75) is 6.10 Å². The normalized spacial score (nSPS) is 11.9. The molecule has 104 valence electrons. The topological polar surface area (TPSA) is 72.6 Å². The predicted octanol–water partition coefficient (Wildman–Crippen LogP) is 3.36. The zero-order chi connectivity index (χ0) is 14.5. The van der Waals surface area contributed by atoms with Gasteiger partial charge in [-0.1, -0.05) is 41.9 Å². The van der Waals surface area contributed by atoms with Gasteiger partial charge in [0.1, 0.15) is 18.5 Å². The Morgan fingerprint density at radius 2 is 1.95 bits per heavy atom. The summed E-state index contributed by atoms with van der Waals surface area (Å²) in [6.45, 7) is -0.0368. The van der Waals surface area contributed by atoms with Gasteiger partial charge in [-0.3, -0.25) is 10.1 Å². The average molecular weight is 294 g/mol. The molecule has 2 rings (SSSR count). The summed E-state index contributed by atoms with van der Waals surface area (Å²) in [4.78, 5) is 10.2. The SMILES string of the molecule is O=[N+]([O-])c1ccc(Cl)c(OCC(O)c2ccccc2)c1. The number of hydrogen-bond acceptors (Lipinski definition) is 4. The first-order chi connectivity index (χ1) is 9.58. The highest BCUT2D eigenvalue weighted by Crippen LogP contribution is 2.29. The predicted molar refractivity (Wildman–Crippen MR) is 75.0 cm³/mol. The van der Waals surface area contributed by atoms with Gasteiger partial charge >= 0.3 is 0 Å². The van der Waals surface area contributed by atoms with Gasteiger partial charge in [0.2, 0.25) is 0 Å². The number of nitro benzene ring substituents is 1. The molecule has 1 unspecified atom stereocenters. The van der Waals surface area contributed by atoms with Crippen LogP contribution in [0.5, 0.6) is 5.75 Å². The van der Waals surface area contributed by atoms with Crippen LogP contribution in [0, 0.1) is 10.1 Å². The van der Waals surface area contributed by atoms with Crippen LogP contribution in [0.15, 0.2) is 48.5 Å². The highest BCUT2D eigenvalue weighted by atomic mass is 35.5. The number of hydrogen-bond donors (Lipinski definition) is 1. The average Bonchev–Trinajstić information content (AvgIpc) is 2.46. The Balaban J connectivity index is 2.07. The maximum Gasteiger partial charge on any atom is 0.273 e. The summed E-state index contributed by atoms with van der Waals surface area (Å²) in [5.41, 5.74) is 0.590. The van der Waals surface area contributed by atoms with E-state index < -0.39 is 11.0 Å². The maximum absolute atomic E-state index is 10.7. The van der Waals surface area contributed by atoms with Gasteiger partial charge in [-0.2, -0.15) is 0 Å². The lowest BCUT2D eigenvalue weighted by Gasteiger charge is -2.13. The molecule has 0 radical (unpaired) electrons. The molecule has 6 heteroatoms. The van der Waals surface area contributed by atoms with Crippen molar-refractivity contribution in [3.63, 3.8) is 0 Å². The number of aliphatic hydroxyl groups is 1. The monoisotopic (exact) mass is 293 g/mol. The zero-order valence-corrected chi connectivity index (χ0v) is 11.2. The van der Waals surface area contributed by atoms with E-state index in [4.69, 9.17) is 16.3 Å². The Morgan fingerprint density at radius 1 is 1.25 bits per heavy atom. The van der Waals surface area contributed by atoms with E-state index in [1.54, 1.807) is 24.3 Å². The minimum Gasteiger partial charge on any atom is -0.489 e. The molecular formula is C14H12ClNO4. The summed E-state index contributed by atoms with van der Waals surface area (Å²) >= 11 is 5.90. The van der Waals surface area contributed by atoms with Crippen LogP contribution in [-0.4, -0.2) is 16.6 Å². The van der Waals surface area contributed by atoms with Crippen LogP contribution < -0.4 is 4.74 Å². The molecule has 0 saturated heterocycles. The van der Waals surface area contributed by atoms with Crippen molar-refractivity contribution in [3.05, 3.63) is 69.2 Å². The summed E-state index contributed by atoms with van der Waals surface area (Å²) in [5.74, 6) is 0.177. The lowest BCUT2D eigenvalue weighted by Crippen LogP contribution is -2.09. The van der Waals surface area contributed by atoms with Crippen LogP contribution in [-0.2, 0) is 0 Å². The smallest absolute Gasteiger partial charge is 0.273 e. The second-order valence-corrected chi connectivity index (χ2v) is 4.52. The van der Waals surface area contributed by atoms with Crippen molar-refractivity contribution < 1.29 is 14.8 Å². The molecular weight excluding hydrogens is 282 g/mol. The van der Waals surface area contributed by atoms with Crippen LogP contribution in [0.25, 0.3) is 0 Å². The highest BCUT2D eigenvalue weighted by molar-refractivity contribution is 6.32. The Hall–Kier alpha value is -2.11. The highest BCUT2D eigenvalue weighted by Gasteiger charge is 2.13. The number of non-ortho nitro benzene ring substituents is 1. The van der Waals surface area contributed by atoms with Crippen molar-refractivity contribution >= 4 is 17.3 Å². The Kier molecular flexibility index (Phi) is 4.55. The standard InChI is InChI=1S/C14H12ClNO4/c15-12-7-6-11(16(18)19)8-14(12)20-9-13(17)10-4-2-1-3-5-10/h1-8,13,17H,9H2. The molecule has 1 N–H and O–H groups in total. The molecule has 0 fully saturated rings. The van der Waals surface area contributed by atoms with E-state index >= 15 is 0 Å². The van der Waals surface area contributed by atoms with Crippen molar-refractivity contribution in [1.82, 2.24) is 0 Å². The lowest BCUT2D eigenvalue weighted by atomic mass is 10.1. The molecule has 0 aliphatic heterocycles. The van der Waals surface area contributed by atoms with Crippen molar-refractivity contribution in [3.8, 4) is 5.75 Å². The fraction of sp³-hybridized carbons (Fsp3) is 0.143. The maximum atomic E-state index is 10.7. The van der Waals surface area contributed by atoms with E-state index in [0.717, 1.165) is 0 Å². The quantitative estimate of drug-likeness (QED) is 0.677. The molecule has 2 aromatic rings. The molecule has 0 aromatic heterocycles. The Morgan fingerprint density at radius 3 is 2.60 bits per heavy atom. The Bertz CT molecular complexity index is 603. The van der Waals surface area contributed by atoms with Gasteiger partial charge in [-0.05, 0) is 11.6 Å². The molecule has 2 aromatic carbocycles. The number of nitro groups is 1. The van der Waals surface area contributed by atoms with E-state index in [0.29, 0.717) is 5.56 Å². The summed E-state index contributed by atoms with van der Waals surface area (Å²) in [6.07, 6.45) is -0.827. The number of rotatable bonds is 5. The molecule has 0 saturated carbocycles. The minimum atomic E-state index is -0.827. The molecule has 1 atom stereocenters. The van der Waals surface area contributed by atoms with Crippen molar-refractivity contribution in [2.75, 3.05) is 6.61 Å². The van der Waals surface area contributed by atoms with Crippen molar-refractivity contribution in [1.29, 1.82) is 0 Å². The summed E-state index contributed by atoms with van der Waals surface area (Å²) in [6, 6.07) is 12.9. The first-order valence-corrected chi connectivity index (χ1v) is 6.25. The first-order valence-electron chi connectivity index (χ1n) is 5.87. The van der Waals surface area contributed by atoms with Crippen LogP contribution in [0.3, 0.4) is 0 Å². The second-order valence-electron chi connectivity index (χ2n) is 4.11. The van der Waals surface area contributed by atoms with Gasteiger partial charge in [-0.25, -0.2) is 0 Å². The zero-order valence-electron chi connectivity index (χ0n) is 10.4. The summed E-state index contributed by atoms with van der Waals surface area (Å²) < 4.78 is 5.36.